The van der Waals surface area contributed by atoms with Crippen LogP contribution < -0.4 is 4.90 Å². The van der Waals surface area contributed by atoms with Crippen LogP contribution in [0.25, 0.3) is 0 Å². The number of amides is 1. The van der Waals surface area contributed by atoms with E-state index in [1.54, 1.807) is 23.1 Å². The standard InChI is InChI=1S/C20H13F3N4O3S/c1-30-18(29)11-3-2-10-5-16-17(28)27(19(31)26(16)9-12(10)4-11)13-6-14(20(21,22)23)15(7-24)25-8-13/h2-4,6,8,16H,5,9H2,1H3. The van der Waals surface area contributed by atoms with E-state index in [0.29, 0.717) is 11.6 Å². The summed E-state index contributed by atoms with van der Waals surface area (Å²) in [5, 5.41) is 8.96. The first-order chi connectivity index (χ1) is 14.7. The largest absolute Gasteiger partial charge is 0.465 e. The number of carbonyl (C=O) groups excluding carboxylic acids is 2. The van der Waals surface area contributed by atoms with Crippen molar-refractivity contribution in [2.24, 2.45) is 0 Å². The summed E-state index contributed by atoms with van der Waals surface area (Å²) in [5.41, 5.74) is -0.228. The SMILES string of the molecule is COC(=O)c1ccc2c(c1)CN1C(=S)N(c3cnc(C#N)c(C(F)(F)F)c3)C(=O)C1C2. The summed E-state index contributed by atoms with van der Waals surface area (Å²) in [6, 6.07) is 6.40. The quantitative estimate of drug-likeness (QED) is 0.518. The number of nitriles is 1. The Morgan fingerprint density at radius 3 is 2.71 bits per heavy atom. The van der Waals surface area contributed by atoms with E-state index in [0.717, 1.165) is 22.2 Å². The van der Waals surface area contributed by atoms with Gasteiger partial charge in [-0.2, -0.15) is 18.4 Å². The second-order valence-electron chi connectivity index (χ2n) is 6.98. The van der Waals surface area contributed by atoms with E-state index in [-0.39, 0.29) is 23.8 Å². The Morgan fingerprint density at radius 1 is 1.32 bits per heavy atom. The first kappa shape index (κ1) is 20.7. The maximum absolute atomic E-state index is 13.3. The van der Waals surface area contributed by atoms with Gasteiger partial charge in [-0.1, -0.05) is 6.07 Å². The number of benzene rings is 1. The number of aromatic nitrogens is 1. The number of carbonyl (C=O) groups is 2. The Hall–Kier alpha value is -3.52. The van der Waals surface area contributed by atoms with Crippen LogP contribution in [-0.2, 0) is 28.7 Å². The molecule has 1 aromatic carbocycles. The zero-order valence-electron chi connectivity index (χ0n) is 15.9. The highest BCUT2D eigenvalue weighted by atomic mass is 32.1. The number of nitrogens with zero attached hydrogens (tertiary/aromatic N) is 4. The molecular weight excluding hydrogens is 433 g/mol. The molecule has 3 heterocycles. The molecule has 0 spiro atoms. The highest BCUT2D eigenvalue weighted by Crippen LogP contribution is 2.37. The van der Waals surface area contributed by atoms with Crippen molar-refractivity contribution < 1.29 is 27.5 Å². The van der Waals surface area contributed by atoms with Gasteiger partial charge in [0.1, 0.15) is 12.1 Å². The van der Waals surface area contributed by atoms with E-state index in [2.05, 4.69) is 4.98 Å². The number of pyridine rings is 1. The molecule has 1 unspecified atom stereocenters. The molecule has 2 aromatic rings. The summed E-state index contributed by atoms with van der Waals surface area (Å²) in [7, 11) is 1.27. The van der Waals surface area contributed by atoms with Gasteiger partial charge in [-0.3, -0.25) is 9.69 Å². The van der Waals surface area contributed by atoms with E-state index in [1.165, 1.54) is 13.2 Å². The lowest BCUT2D eigenvalue weighted by Gasteiger charge is -2.30. The van der Waals surface area contributed by atoms with E-state index in [1.807, 2.05) is 0 Å². The van der Waals surface area contributed by atoms with Crippen molar-refractivity contribution in [1.29, 1.82) is 5.26 Å². The minimum Gasteiger partial charge on any atom is -0.465 e. The normalized spacial score (nSPS) is 17.8. The molecule has 4 rings (SSSR count). The molecule has 2 aliphatic rings. The second kappa shape index (κ2) is 7.31. The Bertz CT molecular complexity index is 1180. The molecule has 2 aliphatic heterocycles. The number of anilines is 1. The van der Waals surface area contributed by atoms with Crippen molar-refractivity contribution in [3.63, 3.8) is 0 Å². The third-order valence-electron chi connectivity index (χ3n) is 5.24. The number of thiocarbonyl (C=S) groups is 1. The summed E-state index contributed by atoms with van der Waals surface area (Å²) in [6.45, 7) is 0.210. The summed E-state index contributed by atoms with van der Waals surface area (Å²) < 4.78 is 44.7. The number of alkyl halides is 3. The van der Waals surface area contributed by atoms with Crippen LogP contribution in [0, 0.1) is 11.3 Å². The number of esters is 1. The van der Waals surface area contributed by atoms with Crippen LogP contribution in [0.15, 0.2) is 30.5 Å². The topological polar surface area (TPSA) is 86.5 Å². The molecule has 0 radical (unpaired) electrons. The van der Waals surface area contributed by atoms with Crippen molar-refractivity contribution in [2.75, 3.05) is 12.0 Å². The van der Waals surface area contributed by atoms with Gasteiger partial charge in [0.25, 0.3) is 5.91 Å². The Labute approximate surface area is 179 Å². The minimum absolute atomic E-state index is 0.0313. The number of halogens is 3. The summed E-state index contributed by atoms with van der Waals surface area (Å²) >= 11 is 5.40. The molecule has 11 heteroatoms. The van der Waals surface area contributed by atoms with Gasteiger partial charge >= 0.3 is 12.1 Å². The molecule has 1 amide bonds. The lowest BCUT2D eigenvalue weighted by atomic mass is 9.93. The van der Waals surface area contributed by atoms with Crippen LogP contribution in [0.2, 0.25) is 0 Å². The smallest absolute Gasteiger partial charge is 0.419 e. The van der Waals surface area contributed by atoms with Gasteiger partial charge in [0.05, 0.1) is 30.1 Å². The monoisotopic (exact) mass is 446 g/mol. The average molecular weight is 446 g/mol. The number of rotatable bonds is 2. The van der Waals surface area contributed by atoms with Crippen LogP contribution in [0.3, 0.4) is 0 Å². The predicted molar refractivity (Wildman–Crippen MR) is 105 cm³/mol. The van der Waals surface area contributed by atoms with Gasteiger partial charge in [-0.05, 0) is 41.5 Å². The van der Waals surface area contributed by atoms with E-state index >= 15 is 0 Å². The summed E-state index contributed by atoms with van der Waals surface area (Å²) in [4.78, 5) is 31.0. The van der Waals surface area contributed by atoms with Crippen molar-refractivity contribution >= 4 is 34.9 Å². The van der Waals surface area contributed by atoms with E-state index in [4.69, 9.17) is 22.2 Å². The van der Waals surface area contributed by atoms with E-state index < -0.39 is 35.4 Å². The zero-order chi connectivity index (χ0) is 22.5. The molecule has 7 nitrogen and oxygen atoms in total. The maximum atomic E-state index is 13.3. The van der Waals surface area contributed by atoms with Gasteiger partial charge in [-0.25, -0.2) is 9.78 Å². The fourth-order valence-electron chi connectivity index (χ4n) is 3.74. The minimum atomic E-state index is -4.81. The molecule has 0 N–H and O–H groups in total. The Balaban J connectivity index is 1.70. The number of fused-ring (bicyclic) bond motifs is 2. The molecule has 1 saturated heterocycles. The second-order valence-corrected chi connectivity index (χ2v) is 7.34. The van der Waals surface area contributed by atoms with Crippen LogP contribution in [0.4, 0.5) is 18.9 Å². The average Bonchev–Trinajstić information content (AvgIpc) is 2.99. The zero-order valence-corrected chi connectivity index (χ0v) is 16.8. The van der Waals surface area contributed by atoms with Crippen molar-refractivity contribution in [1.82, 2.24) is 9.88 Å². The highest BCUT2D eigenvalue weighted by Gasteiger charge is 2.46. The number of hydrogen-bond acceptors (Lipinski definition) is 6. The van der Waals surface area contributed by atoms with Crippen molar-refractivity contribution in [2.45, 2.75) is 25.2 Å². The number of hydrogen-bond donors (Lipinski definition) is 0. The van der Waals surface area contributed by atoms with Gasteiger partial charge in [0.2, 0.25) is 0 Å². The fraction of sp³-hybridized carbons (Fsp3) is 0.250. The van der Waals surface area contributed by atoms with Crippen molar-refractivity contribution in [3.05, 3.63) is 58.4 Å². The fourth-order valence-corrected chi connectivity index (χ4v) is 4.13. The molecule has 0 saturated carbocycles. The summed E-state index contributed by atoms with van der Waals surface area (Å²) in [5.74, 6) is -0.984. The first-order valence-corrected chi connectivity index (χ1v) is 9.38. The van der Waals surface area contributed by atoms with Gasteiger partial charge in [0, 0.05) is 13.0 Å². The molecule has 158 valence electrons. The Morgan fingerprint density at radius 2 is 2.06 bits per heavy atom. The summed E-state index contributed by atoms with van der Waals surface area (Å²) in [6.07, 6.45) is -3.51. The van der Waals surface area contributed by atoms with Crippen LogP contribution >= 0.6 is 12.2 Å². The molecule has 1 aromatic heterocycles. The highest BCUT2D eigenvalue weighted by molar-refractivity contribution is 7.80. The van der Waals surface area contributed by atoms with Crippen LogP contribution in [0.1, 0.15) is 32.7 Å². The molecular formula is C20H13F3N4O3S. The Kier molecular flexibility index (Phi) is 4.89. The third-order valence-corrected chi connectivity index (χ3v) is 5.66. The molecule has 1 fully saturated rings. The molecule has 0 bridgehead atoms. The molecule has 1 atom stereocenters. The van der Waals surface area contributed by atoms with Crippen LogP contribution in [0.5, 0.6) is 0 Å². The third kappa shape index (κ3) is 3.38. The molecule has 31 heavy (non-hydrogen) atoms. The molecule has 0 aliphatic carbocycles. The first-order valence-electron chi connectivity index (χ1n) is 8.97. The van der Waals surface area contributed by atoms with Gasteiger partial charge in [-0.15, -0.1) is 0 Å². The van der Waals surface area contributed by atoms with Crippen molar-refractivity contribution in [3.8, 4) is 6.07 Å². The number of ether oxygens (including phenoxy) is 1. The lowest BCUT2D eigenvalue weighted by Crippen LogP contribution is -2.40. The lowest BCUT2D eigenvalue weighted by molar-refractivity contribution is -0.138. The predicted octanol–water partition coefficient (Wildman–Crippen LogP) is 2.82. The van der Waals surface area contributed by atoms with E-state index in [9.17, 15) is 22.8 Å². The number of methoxy groups -OCH3 is 1. The van der Waals surface area contributed by atoms with Crippen LogP contribution in [-0.4, -0.2) is 40.0 Å². The maximum Gasteiger partial charge on any atom is 0.419 e. The van der Waals surface area contributed by atoms with Gasteiger partial charge in [0.15, 0.2) is 10.8 Å². The van der Waals surface area contributed by atoms with Gasteiger partial charge < -0.3 is 9.64 Å².